The molecule has 2 amide bonds. The van der Waals surface area contributed by atoms with Crippen molar-refractivity contribution in [3.05, 3.63) is 34.3 Å². The summed E-state index contributed by atoms with van der Waals surface area (Å²) in [6.07, 6.45) is 1.76. The molecule has 19 heavy (non-hydrogen) atoms. The minimum atomic E-state index is -0.390. The van der Waals surface area contributed by atoms with E-state index in [-0.39, 0.29) is 12.1 Å². The second-order valence-electron chi connectivity index (χ2n) is 5.04. The number of amides is 2. The number of carbonyl (C=O) groups is 1. The summed E-state index contributed by atoms with van der Waals surface area (Å²) in [6, 6.07) is 7.63. The molecule has 5 heteroatoms. The maximum atomic E-state index is 11.9. The fourth-order valence-electron chi connectivity index (χ4n) is 1.94. The number of nitrogens with zero attached hydrogens (tertiary/aromatic N) is 1. The number of benzene rings is 1. The second-order valence-corrected chi connectivity index (χ2v) is 5.89. The van der Waals surface area contributed by atoms with Gasteiger partial charge in [0, 0.05) is 24.6 Å². The van der Waals surface area contributed by atoms with Crippen molar-refractivity contribution in [3.63, 3.8) is 0 Å². The van der Waals surface area contributed by atoms with Gasteiger partial charge in [-0.2, -0.15) is 0 Å². The third kappa shape index (κ3) is 4.21. The number of likely N-dealkylation sites (N-methyl/N-ethyl adjacent to an activating group) is 1. The van der Waals surface area contributed by atoms with E-state index in [0.29, 0.717) is 19.0 Å². The molecule has 0 saturated heterocycles. The molecule has 1 aromatic carbocycles. The molecule has 0 radical (unpaired) electrons. The van der Waals surface area contributed by atoms with Gasteiger partial charge in [0.05, 0.1) is 6.10 Å². The minimum Gasteiger partial charge on any atom is -0.391 e. The molecule has 0 aromatic heterocycles. The monoisotopic (exact) mass is 326 g/mol. The molecule has 1 fully saturated rings. The lowest BCUT2D eigenvalue weighted by atomic mass is 10.2. The lowest BCUT2D eigenvalue weighted by molar-refractivity contribution is 0.113. The number of carbonyl (C=O) groups excluding carboxylic acids is 1. The van der Waals surface area contributed by atoms with Gasteiger partial charge in [-0.1, -0.05) is 34.1 Å². The van der Waals surface area contributed by atoms with Crippen molar-refractivity contribution in [3.8, 4) is 0 Å². The molecule has 0 spiro atoms. The first-order valence-corrected chi connectivity index (χ1v) is 7.27. The molecule has 1 atom stereocenters. The van der Waals surface area contributed by atoms with Crippen LogP contribution in [0.1, 0.15) is 18.4 Å². The van der Waals surface area contributed by atoms with Crippen LogP contribution in [0.5, 0.6) is 0 Å². The van der Waals surface area contributed by atoms with Crippen molar-refractivity contribution in [1.29, 1.82) is 0 Å². The van der Waals surface area contributed by atoms with Crippen molar-refractivity contribution < 1.29 is 9.90 Å². The quantitative estimate of drug-likeness (QED) is 0.872. The van der Waals surface area contributed by atoms with Crippen LogP contribution in [-0.4, -0.2) is 35.7 Å². The van der Waals surface area contributed by atoms with Gasteiger partial charge in [-0.05, 0) is 30.4 Å². The molecule has 2 rings (SSSR count). The van der Waals surface area contributed by atoms with Gasteiger partial charge >= 0.3 is 6.03 Å². The molecule has 2 N–H and O–H groups in total. The van der Waals surface area contributed by atoms with Crippen LogP contribution in [0.15, 0.2) is 28.7 Å². The fourth-order valence-corrected chi connectivity index (χ4v) is 2.37. The molecule has 1 aliphatic rings. The molecule has 1 aliphatic carbocycles. The molecule has 1 aromatic rings. The van der Waals surface area contributed by atoms with E-state index in [1.54, 1.807) is 11.9 Å². The maximum absolute atomic E-state index is 11.9. The summed E-state index contributed by atoms with van der Waals surface area (Å²) in [5.41, 5.74) is 1.03. The number of aliphatic hydroxyl groups excluding tert-OH is 1. The van der Waals surface area contributed by atoms with E-state index in [9.17, 15) is 9.90 Å². The summed E-state index contributed by atoms with van der Waals surface area (Å²) in [5.74, 6) is 0.388. The average Bonchev–Trinajstić information content (AvgIpc) is 3.21. The number of urea groups is 1. The Kier molecular flexibility index (Phi) is 4.82. The Morgan fingerprint density at radius 2 is 2.21 bits per heavy atom. The number of nitrogens with one attached hydrogen (secondary N) is 1. The topological polar surface area (TPSA) is 52.6 Å². The van der Waals surface area contributed by atoms with E-state index in [4.69, 9.17) is 0 Å². The zero-order valence-electron chi connectivity index (χ0n) is 11.0. The number of hydrogen-bond donors (Lipinski definition) is 2. The molecular formula is C14H19BrN2O2. The van der Waals surface area contributed by atoms with Gasteiger partial charge in [-0.15, -0.1) is 0 Å². The molecule has 0 bridgehead atoms. The highest BCUT2D eigenvalue weighted by atomic mass is 79.9. The number of halogens is 1. The summed E-state index contributed by atoms with van der Waals surface area (Å²) < 4.78 is 0.982. The molecule has 0 aliphatic heterocycles. The zero-order chi connectivity index (χ0) is 13.8. The van der Waals surface area contributed by atoms with Crippen LogP contribution in [0.3, 0.4) is 0 Å². The van der Waals surface area contributed by atoms with Crippen LogP contribution < -0.4 is 5.32 Å². The Labute approximate surface area is 121 Å². The number of aliphatic hydroxyl groups is 1. The third-order valence-electron chi connectivity index (χ3n) is 3.36. The first-order valence-electron chi connectivity index (χ1n) is 6.48. The predicted octanol–water partition coefficient (Wildman–Crippen LogP) is 2.36. The zero-order valence-corrected chi connectivity index (χ0v) is 12.6. The van der Waals surface area contributed by atoms with Crippen LogP contribution >= 0.6 is 15.9 Å². The van der Waals surface area contributed by atoms with Crippen molar-refractivity contribution in [2.24, 2.45) is 5.92 Å². The van der Waals surface area contributed by atoms with E-state index in [1.807, 2.05) is 24.3 Å². The lowest BCUT2D eigenvalue weighted by Gasteiger charge is -2.21. The first-order chi connectivity index (χ1) is 9.08. The summed E-state index contributed by atoms with van der Waals surface area (Å²) in [5, 5.41) is 12.7. The van der Waals surface area contributed by atoms with Crippen molar-refractivity contribution >= 4 is 22.0 Å². The van der Waals surface area contributed by atoms with Crippen molar-refractivity contribution in [2.45, 2.75) is 25.5 Å². The van der Waals surface area contributed by atoms with E-state index in [0.717, 1.165) is 22.9 Å². The Bertz CT molecular complexity index is 449. The largest absolute Gasteiger partial charge is 0.391 e. The van der Waals surface area contributed by atoms with E-state index >= 15 is 0 Å². The SMILES string of the molecule is CN(CC(O)C1CC1)C(=O)NCc1ccccc1Br. The summed E-state index contributed by atoms with van der Waals surface area (Å²) in [4.78, 5) is 13.4. The molecular weight excluding hydrogens is 308 g/mol. The van der Waals surface area contributed by atoms with Crippen LogP contribution in [0, 0.1) is 5.92 Å². The van der Waals surface area contributed by atoms with Crippen LogP contribution in [0.2, 0.25) is 0 Å². The van der Waals surface area contributed by atoms with Crippen LogP contribution in [0.4, 0.5) is 4.79 Å². The normalized spacial score (nSPS) is 15.9. The highest BCUT2D eigenvalue weighted by molar-refractivity contribution is 9.10. The van der Waals surface area contributed by atoms with Gasteiger partial charge in [-0.25, -0.2) is 4.79 Å². The van der Waals surface area contributed by atoms with Gasteiger partial charge < -0.3 is 15.3 Å². The molecule has 4 nitrogen and oxygen atoms in total. The standard InChI is InChI=1S/C14H19BrN2O2/c1-17(9-13(18)10-6-7-10)14(19)16-8-11-4-2-3-5-12(11)15/h2-5,10,13,18H,6-9H2,1H3,(H,16,19). The van der Waals surface area contributed by atoms with Gasteiger partial charge in [-0.3, -0.25) is 0 Å². The van der Waals surface area contributed by atoms with E-state index in [1.165, 1.54) is 0 Å². The number of rotatable bonds is 5. The Morgan fingerprint density at radius 1 is 1.53 bits per heavy atom. The van der Waals surface area contributed by atoms with E-state index in [2.05, 4.69) is 21.2 Å². The molecule has 1 saturated carbocycles. The van der Waals surface area contributed by atoms with Crippen molar-refractivity contribution in [2.75, 3.05) is 13.6 Å². The molecule has 0 heterocycles. The highest BCUT2D eigenvalue weighted by Gasteiger charge is 2.31. The predicted molar refractivity (Wildman–Crippen MR) is 77.7 cm³/mol. The smallest absolute Gasteiger partial charge is 0.317 e. The van der Waals surface area contributed by atoms with Crippen LogP contribution in [-0.2, 0) is 6.54 Å². The second kappa shape index (κ2) is 6.39. The van der Waals surface area contributed by atoms with E-state index < -0.39 is 0 Å². The first kappa shape index (κ1) is 14.3. The Hall–Kier alpha value is -1.07. The fraction of sp³-hybridized carbons (Fsp3) is 0.500. The van der Waals surface area contributed by atoms with Gasteiger partial charge in [0.15, 0.2) is 0 Å². The summed E-state index contributed by atoms with van der Waals surface area (Å²) in [6.45, 7) is 0.872. The van der Waals surface area contributed by atoms with Gasteiger partial charge in [0.1, 0.15) is 0 Å². The maximum Gasteiger partial charge on any atom is 0.317 e. The average molecular weight is 327 g/mol. The molecule has 104 valence electrons. The molecule has 1 unspecified atom stereocenters. The summed E-state index contributed by atoms with van der Waals surface area (Å²) >= 11 is 3.45. The lowest BCUT2D eigenvalue weighted by Crippen LogP contribution is -2.41. The minimum absolute atomic E-state index is 0.157. The summed E-state index contributed by atoms with van der Waals surface area (Å²) in [7, 11) is 1.71. The highest BCUT2D eigenvalue weighted by Crippen LogP contribution is 2.32. The Morgan fingerprint density at radius 3 is 2.84 bits per heavy atom. The van der Waals surface area contributed by atoms with Crippen molar-refractivity contribution in [1.82, 2.24) is 10.2 Å². The van der Waals surface area contributed by atoms with Gasteiger partial charge in [0.25, 0.3) is 0 Å². The third-order valence-corrected chi connectivity index (χ3v) is 4.14. The number of hydrogen-bond acceptors (Lipinski definition) is 2. The van der Waals surface area contributed by atoms with Gasteiger partial charge in [0.2, 0.25) is 0 Å². The van der Waals surface area contributed by atoms with Crippen LogP contribution in [0.25, 0.3) is 0 Å². The Balaban J connectivity index is 1.78.